The van der Waals surface area contributed by atoms with Gasteiger partial charge in [0, 0.05) is 6.42 Å². The second-order valence-corrected chi connectivity index (χ2v) is 5.21. The largest absolute Gasteiger partial charge is 0.490 e. The van der Waals surface area contributed by atoms with Gasteiger partial charge in [0.1, 0.15) is 6.04 Å². The zero-order valence-corrected chi connectivity index (χ0v) is 13.2. The minimum Gasteiger partial charge on any atom is -0.490 e. The predicted molar refractivity (Wildman–Crippen MR) is 78.2 cm³/mol. The van der Waals surface area contributed by atoms with E-state index in [2.05, 4.69) is 21.2 Å². The van der Waals surface area contributed by atoms with Crippen molar-refractivity contribution in [2.45, 2.75) is 19.4 Å². The van der Waals surface area contributed by atoms with Crippen molar-refractivity contribution in [3.63, 3.8) is 0 Å². The van der Waals surface area contributed by atoms with Gasteiger partial charge < -0.3 is 19.5 Å². The highest BCUT2D eigenvalue weighted by atomic mass is 79.9. The average molecular weight is 344 g/mol. The Kier molecular flexibility index (Phi) is 5.25. The average Bonchev–Trinajstić information content (AvgIpc) is 2.65. The van der Waals surface area contributed by atoms with Gasteiger partial charge in [0.05, 0.1) is 24.3 Å². The van der Waals surface area contributed by atoms with Crippen molar-refractivity contribution in [3.8, 4) is 11.5 Å². The molecule has 0 amide bonds. The third-order valence-electron chi connectivity index (χ3n) is 2.97. The number of fused-ring (bicyclic) bond motifs is 1. The number of rotatable bonds is 4. The van der Waals surface area contributed by atoms with Crippen LogP contribution in [-0.2, 0) is 9.53 Å². The van der Waals surface area contributed by atoms with Crippen LogP contribution < -0.4 is 14.8 Å². The van der Waals surface area contributed by atoms with Crippen molar-refractivity contribution >= 4 is 21.9 Å². The van der Waals surface area contributed by atoms with E-state index in [1.165, 1.54) is 0 Å². The van der Waals surface area contributed by atoms with E-state index >= 15 is 0 Å². The molecule has 0 aromatic heterocycles. The van der Waals surface area contributed by atoms with E-state index in [-0.39, 0.29) is 5.97 Å². The van der Waals surface area contributed by atoms with Crippen LogP contribution in [0.1, 0.15) is 24.9 Å². The Labute approximate surface area is 126 Å². The fourth-order valence-corrected chi connectivity index (χ4v) is 2.64. The molecule has 0 radical (unpaired) electrons. The van der Waals surface area contributed by atoms with E-state index in [9.17, 15) is 4.79 Å². The molecule has 0 spiro atoms. The van der Waals surface area contributed by atoms with Crippen LogP contribution in [0.15, 0.2) is 16.6 Å². The zero-order chi connectivity index (χ0) is 14.5. The molecule has 1 aliphatic heterocycles. The summed E-state index contributed by atoms with van der Waals surface area (Å²) in [6, 6.07) is 3.15. The molecule has 0 aliphatic carbocycles. The SMILES string of the molecule is CCOC(=O)C(NC)c1cc(Br)c2c(c1)OCCCO2. The minimum atomic E-state index is -0.525. The number of carbonyl (C=O) groups is 1. The molecule has 1 heterocycles. The number of esters is 1. The monoisotopic (exact) mass is 343 g/mol. The van der Waals surface area contributed by atoms with Crippen LogP contribution in [0, 0.1) is 0 Å². The van der Waals surface area contributed by atoms with E-state index < -0.39 is 6.04 Å². The lowest BCUT2D eigenvalue weighted by Crippen LogP contribution is -2.27. The lowest BCUT2D eigenvalue weighted by Gasteiger charge is -2.18. The Morgan fingerprint density at radius 1 is 1.45 bits per heavy atom. The summed E-state index contributed by atoms with van der Waals surface area (Å²) in [5.74, 6) is 1.03. The van der Waals surface area contributed by atoms with Gasteiger partial charge in [-0.2, -0.15) is 0 Å². The van der Waals surface area contributed by atoms with E-state index in [1.807, 2.05) is 12.1 Å². The van der Waals surface area contributed by atoms with Crippen LogP contribution >= 0.6 is 15.9 Å². The molecule has 20 heavy (non-hydrogen) atoms. The van der Waals surface area contributed by atoms with Crippen LogP contribution in [0.2, 0.25) is 0 Å². The van der Waals surface area contributed by atoms with E-state index in [0.29, 0.717) is 31.3 Å². The summed E-state index contributed by atoms with van der Waals surface area (Å²) in [7, 11) is 1.72. The van der Waals surface area contributed by atoms with Gasteiger partial charge in [0.2, 0.25) is 0 Å². The van der Waals surface area contributed by atoms with Crippen molar-refractivity contribution < 1.29 is 19.0 Å². The first-order valence-corrected chi connectivity index (χ1v) is 7.39. The van der Waals surface area contributed by atoms with Gasteiger partial charge in [0.25, 0.3) is 0 Å². The fourth-order valence-electron chi connectivity index (χ4n) is 2.06. The molecule has 1 aliphatic rings. The second kappa shape index (κ2) is 6.95. The summed E-state index contributed by atoms with van der Waals surface area (Å²) in [6.45, 7) is 3.36. The van der Waals surface area contributed by atoms with Crippen LogP contribution in [-0.4, -0.2) is 32.8 Å². The van der Waals surface area contributed by atoms with Gasteiger partial charge in [-0.3, -0.25) is 0 Å². The molecule has 110 valence electrons. The standard InChI is InChI=1S/C14H18BrNO4/c1-3-18-14(17)12(16-2)9-7-10(15)13-11(8-9)19-5-4-6-20-13/h7-8,12,16H,3-6H2,1-2H3. The van der Waals surface area contributed by atoms with Crippen molar-refractivity contribution in [2.24, 2.45) is 0 Å². The van der Waals surface area contributed by atoms with E-state index in [0.717, 1.165) is 16.5 Å². The Morgan fingerprint density at radius 2 is 2.20 bits per heavy atom. The van der Waals surface area contributed by atoms with Crippen molar-refractivity contribution in [1.82, 2.24) is 5.32 Å². The number of hydrogen-bond acceptors (Lipinski definition) is 5. The Balaban J connectivity index is 2.34. The maximum Gasteiger partial charge on any atom is 0.327 e. The quantitative estimate of drug-likeness (QED) is 0.851. The zero-order valence-electron chi connectivity index (χ0n) is 11.6. The molecule has 6 heteroatoms. The number of nitrogens with one attached hydrogen (secondary N) is 1. The van der Waals surface area contributed by atoms with Crippen molar-refractivity contribution in [1.29, 1.82) is 0 Å². The van der Waals surface area contributed by atoms with E-state index in [4.69, 9.17) is 14.2 Å². The molecule has 1 aromatic rings. The van der Waals surface area contributed by atoms with Gasteiger partial charge in [-0.05, 0) is 47.6 Å². The summed E-state index contributed by atoms with van der Waals surface area (Å²) in [4.78, 5) is 11.9. The number of likely N-dealkylation sites (N-methyl/N-ethyl adjacent to an activating group) is 1. The second-order valence-electron chi connectivity index (χ2n) is 4.35. The topological polar surface area (TPSA) is 56.8 Å². The first-order valence-electron chi connectivity index (χ1n) is 6.60. The van der Waals surface area contributed by atoms with Crippen LogP contribution in [0.4, 0.5) is 0 Å². The molecule has 0 saturated heterocycles. The van der Waals surface area contributed by atoms with Gasteiger partial charge >= 0.3 is 5.97 Å². The number of hydrogen-bond donors (Lipinski definition) is 1. The highest BCUT2D eigenvalue weighted by Gasteiger charge is 2.24. The maximum atomic E-state index is 11.9. The Morgan fingerprint density at radius 3 is 2.90 bits per heavy atom. The third-order valence-corrected chi connectivity index (χ3v) is 3.56. The molecule has 1 unspecified atom stereocenters. The molecule has 1 aromatic carbocycles. The maximum absolute atomic E-state index is 11.9. The van der Waals surface area contributed by atoms with E-state index in [1.54, 1.807) is 14.0 Å². The number of ether oxygens (including phenoxy) is 3. The molecule has 2 rings (SSSR count). The fraction of sp³-hybridized carbons (Fsp3) is 0.500. The smallest absolute Gasteiger partial charge is 0.327 e. The van der Waals surface area contributed by atoms with Gasteiger partial charge in [0.15, 0.2) is 11.5 Å². The summed E-state index contributed by atoms with van der Waals surface area (Å²) >= 11 is 3.47. The summed E-state index contributed by atoms with van der Waals surface area (Å²) in [5, 5.41) is 2.96. The van der Waals surface area contributed by atoms with Gasteiger partial charge in [-0.1, -0.05) is 0 Å². The minimum absolute atomic E-state index is 0.309. The Bertz CT molecular complexity index is 492. The van der Waals surface area contributed by atoms with Gasteiger partial charge in [-0.25, -0.2) is 4.79 Å². The lowest BCUT2D eigenvalue weighted by atomic mass is 10.1. The number of benzene rings is 1. The lowest BCUT2D eigenvalue weighted by molar-refractivity contribution is -0.145. The predicted octanol–water partition coefficient (Wildman–Crippen LogP) is 2.43. The Hall–Kier alpha value is -1.27. The first-order chi connectivity index (χ1) is 9.67. The molecular weight excluding hydrogens is 326 g/mol. The molecule has 0 bridgehead atoms. The summed E-state index contributed by atoms with van der Waals surface area (Å²) in [6.07, 6.45) is 0.837. The molecular formula is C14H18BrNO4. The molecule has 1 N–H and O–H groups in total. The third kappa shape index (κ3) is 3.24. The molecule has 1 atom stereocenters. The highest BCUT2D eigenvalue weighted by molar-refractivity contribution is 9.10. The van der Waals surface area contributed by atoms with Gasteiger partial charge in [-0.15, -0.1) is 0 Å². The van der Waals surface area contributed by atoms with Crippen molar-refractivity contribution in [2.75, 3.05) is 26.9 Å². The van der Waals surface area contributed by atoms with Crippen LogP contribution in [0.3, 0.4) is 0 Å². The highest BCUT2D eigenvalue weighted by Crippen LogP contribution is 2.39. The molecule has 0 fully saturated rings. The number of halogens is 1. The molecule has 5 nitrogen and oxygen atoms in total. The van der Waals surface area contributed by atoms with Crippen molar-refractivity contribution in [3.05, 3.63) is 22.2 Å². The van der Waals surface area contributed by atoms with Crippen LogP contribution in [0.25, 0.3) is 0 Å². The number of carbonyl (C=O) groups excluding carboxylic acids is 1. The van der Waals surface area contributed by atoms with Crippen LogP contribution in [0.5, 0.6) is 11.5 Å². The summed E-state index contributed by atoms with van der Waals surface area (Å²) < 4.78 is 17.2. The molecule has 0 saturated carbocycles. The summed E-state index contributed by atoms with van der Waals surface area (Å²) in [5.41, 5.74) is 0.780. The first kappa shape index (κ1) is 15.1. The normalized spacial score (nSPS) is 15.3.